The van der Waals surface area contributed by atoms with Crippen LogP contribution in [0.1, 0.15) is 117 Å². The van der Waals surface area contributed by atoms with Gasteiger partial charge in [0.1, 0.15) is 66.5 Å². The van der Waals surface area contributed by atoms with Gasteiger partial charge in [0.25, 0.3) is 0 Å². The first-order chi connectivity index (χ1) is 48.4. The van der Waals surface area contributed by atoms with Crippen LogP contribution in [0.2, 0.25) is 0 Å². The number of rotatable bonds is 49. The minimum absolute atomic E-state index is 0.0166. The summed E-state index contributed by atoms with van der Waals surface area (Å²) in [6.07, 6.45) is -2.20. The zero-order chi connectivity index (χ0) is 77.8. The molecule has 0 spiro atoms. The van der Waals surface area contributed by atoms with Gasteiger partial charge in [-0.1, -0.05) is 34.1 Å². The van der Waals surface area contributed by atoms with Crippen molar-refractivity contribution in [3.63, 3.8) is 0 Å². The average molecular weight is 1500 g/mol. The van der Waals surface area contributed by atoms with Gasteiger partial charge in [0.15, 0.2) is 5.96 Å². The number of imidazole rings is 1. The Labute approximate surface area is 601 Å². The highest BCUT2D eigenvalue weighted by Crippen LogP contribution is 2.14. The number of aliphatic imine (C=N–C) groups is 1. The van der Waals surface area contributed by atoms with Crippen molar-refractivity contribution >= 4 is 138 Å². The molecule has 1 aliphatic rings. The van der Waals surface area contributed by atoms with Gasteiger partial charge in [-0.25, -0.2) is 9.78 Å². The summed E-state index contributed by atoms with van der Waals surface area (Å²) >= 11 is 8.28. The molecule has 1 aliphatic heterocycles. The van der Waals surface area contributed by atoms with Crippen LogP contribution in [0, 0.1) is 11.8 Å². The Kier molecular flexibility index (Phi) is 39.1. The van der Waals surface area contributed by atoms with Crippen LogP contribution in [-0.2, 0) is 92.7 Å². The van der Waals surface area contributed by atoms with Gasteiger partial charge in [-0.05, 0) is 63.3 Å². The molecule has 0 unspecified atom stereocenters. The second kappa shape index (κ2) is 45.5. The van der Waals surface area contributed by atoms with E-state index in [0.29, 0.717) is 31.5 Å². The number of nitrogens with zero attached hydrogens (tertiary/aromatic N) is 2. The molecule has 0 radical (unpaired) electrons. The van der Waals surface area contributed by atoms with Crippen molar-refractivity contribution in [3.05, 3.63) is 18.2 Å². The Morgan fingerprint density at radius 1 is 0.544 bits per heavy atom. The van der Waals surface area contributed by atoms with Crippen molar-refractivity contribution in [2.24, 2.45) is 45.5 Å². The van der Waals surface area contributed by atoms with Crippen LogP contribution in [0.3, 0.4) is 0 Å². The van der Waals surface area contributed by atoms with Gasteiger partial charge < -0.3 is 118 Å². The van der Waals surface area contributed by atoms with Gasteiger partial charge in [-0.2, -0.15) is 25.3 Å². The molecule has 1 fully saturated rings. The summed E-state index contributed by atoms with van der Waals surface area (Å²) in [6.45, 7) is 6.04. The largest absolute Gasteiger partial charge is 0.481 e. The normalized spacial score (nSPS) is 15.9. The molecule has 0 aromatic carbocycles. The number of thiol groups is 2. The summed E-state index contributed by atoms with van der Waals surface area (Å²) in [6, 6.07) is -19.4. The van der Waals surface area contributed by atoms with E-state index in [4.69, 9.17) is 28.7 Å². The Morgan fingerprint density at radius 3 is 1.41 bits per heavy atom. The fourth-order valence-electron chi connectivity index (χ4n) is 9.81. The Hall–Kier alpha value is -10.4. The number of primary amides is 3. The van der Waals surface area contributed by atoms with Crippen molar-refractivity contribution in [3.8, 4) is 0 Å². The number of nitrogens with two attached hydrogens (primary N) is 5. The zero-order valence-corrected chi connectivity index (χ0v) is 58.8. The predicted octanol–water partition coefficient (Wildman–Crippen LogP) is -9.40. The molecule has 44 heteroatoms. The zero-order valence-electron chi connectivity index (χ0n) is 57.0. The molecule has 574 valence electrons. The van der Waals surface area contributed by atoms with E-state index in [-0.39, 0.29) is 38.2 Å². The first kappa shape index (κ1) is 88.7. The number of amides is 15. The average Bonchev–Trinajstić information content (AvgIpc) is 1.57. The number of nitrogens with one attached hydrogen (secondary N) is 14. The number of aliphatic carboxylic acids is 3. The highest BCUT2D eigenvalue weighted by molar-refractivity contribution is 7.80. The van der Waals surface area contributed by atoms with E-state index in [9.17, 15) is 102 Å². The molecule has 27 N–H and O–H groups in total. The quantitative estimate of drug-likeness (QED) is 0.0125. The second-order valence-electron chi connectivity index (χ2n) is 24.3. The molecule has 1 aromatic heterocycles. The fourth-order valence-corrected chi connectivity index (χ4v) is 10.3. The highest BCUT2D eigenvalue weighted by Gasteiger charge is 2.39. The number of carboxylic acids is 3. The third-order valence-electron chi connectivity index (χ3n) is 15.4. The molecule has 0 saturated carbocycles. The summed E-state index contributed by atoms with van der Waals surface area (Å²) in [7, 11) is 0. The van der Waals surface area contributed by atoms with E-state index in [0.717, 1.165) is 0 Å². The van der Waals surface area contributed by atoms with Crippen LogP contribution in [0.5, 0.6) is 0 Å². The van der Waals surface area contributed by atoms with Gasteiger partial charge >= 0.3 is 17.9 Å². The molecule has 2 heterocycles. The lowest BCUT2D eigenvalue weighted by Crippen LogP contribution is -2.61. The van der Waals surface area contributed by atoms with Crippen LogP contribution in [0.25, 0.3) is 0 Å². The second-order valence-corrected chi connectivity index (χ2v) is 25.1. The van der Waals surface area contributed by atoms with Crippen LogP contribution in [0.15, 0.2) is 17.5 Å². The standard InChI is InChI=1S/C59H95N21O21S2/c1-5-27(4)46(80-48(90)29-8-6-14-66-29)57(99)76-36(20-45(87)88)53(95)71-30(9-7-15-67-59(63)64)49(91)78-38(23-102)55(97)73-33(16-26(2)3)52(94)72-32(11-13-41(61)82)51(93)75-35(19-44(85)86)54(96)74-34(18-42(62)83)47(89)68-22-43(84)70-31(10-12-40(60)81)50(92)79-39(24-103)56(98)77-37(58(100)101)17-28-21-65-25-69-28/h21,25-27,29-39,46,66,102-103H,5-20,22-24H2,1-4H3,(H2,60,81)(H2,61,82)(H2,62,83)(H,65,69)(H,68,89)(H,70,84)(H,71,95)(H,72,94)(H,73,97)(H,74,96)(H,75,93)(H,76,99)(H,77,98)(H,78,91)(H,79,92)(H,80,90)(H,85,86)(H,87,88)(H,100,101)(H4,63,64,67)/t27-,29-,30-,31-,32-,33-,34-,35-,36-,37-,38-,39-,46-/m0/s1. The van der Waals surface area contributed by atoms with Gasteiger partial charge in [0.05, 0.1) is 38.2 Å². The number of hydrogen-bond acceptors (Lipinski definition) is 23. The maximum Gasteiger partial charge on any atom is 0.326 e. The van der Waals surface area contributed by atoms with Gasteiger partial charge in [-0.15, -0.1) is 0 Å². The highest BCUT2D eigenvalue weighted by atomic mass is 32.1. The smallest absolute Gasteiger partial charge is 0.326 e. The molecule has 1 aromatic rings. The molecule has 2 rings (SSSR count). The summed E-state index contributed by atoms with van der Waals surface area (Å²) in [5.74, 6) is -23.5. The van der Waals surface area contributed by atoms with Gasteiger partial charge in [-0.3, -0.25) is 86.5 Å². The lowest BCUT2D eigenvalue weighted by molar-refractivity contribution is -0.142. The lowest BCUT2D eigenvalue weighted by Gasteiger charge is -2.28. The number of guanidine groups is 1. The third-order valence-corrected chi connectivity index (χ3v) is 16.2. The van der Waals surface area contributed by atoms with E-state index >= 15 is 0 Å². The third kappa shape index (κ3) is 33.8. The van der Waals surface area contributed by atoms with E-state index in [1.165, 1.54) is 12.5 Å². The number of aromatic nitrogens is 2. The number of H-pyrrole nitrogens is 1. The van der Waals surface area contributed by atoms with Crippen LogP contribution in [-0.4, -0.2) is 241 Å². The van der Waals surface area contributed by atoms with E-state index < -0.39 is 254 Å². The fraction of sp³-hybridized carbons (Fsp3) is 0.627. The first-order valence-electron chi connectivity index (χ1n) is 32.5. The molecular formula is C59H95N21O21S2. The molecule has 0 aliphatic carbocycles. The minimum Gasteiger partial charge on any atom is -0.481 e. The van der Waals surface area contributed by atoms with Crippen molar-refractivity contribution < 1.29 is 102 Å². The van der Waals surface area contributed by atoms with Gasteiger partial charge in [0.2, 0.25) is 88.6 Å². The summed E-state index contributed by atoms with van der Waals surface area (Å²) in [5, 5.41) is 60.0. The van der Waals surface area contributed by atoms with Crippen molar-refractivity contribution in [1.29, 1.82) is 0 Å². The van der Waals surface area contributed by atoms with Crippen LogP contribution < -0.4 is 97.8 Å². The Bertz CT molecular complexity index is 3210. The lowest BCUT2D eigenvalue weighted by atomic mass is 9.97. The van der Waals surface area contributed by atoms with Crippen LogP contribution >= 0.6 is 25.3 Å². The number of aromatic amines is 1. The number of carboxylic acid groups (broad SMARTS) is 3. The SMILES string of the molecule is CC[C@H](C)[C@H](NC(=O)[C@@H]1CCCN1)C(=O)N[C@@H](CC(=O)O)C(=O)N[C@@H](CCCN=C(N)N)C(=O)N[C@@H](CS)C(=O)N[C@@H](CC(C)C)C(=O)N[C@@H](CCC(N)=O)C(=O)N[C@@H](CC(=O)O)C(=O)N[C@@H](CC(N)=O)C(=O)NCC(=O)N[C@@H](CCC(N)=O)C(=O)N[C@@H](CS)C(=O)N[C@@H](Cc1cnc[nH]1)C(=O)O. The molecule has 13 atom stereocenters. The summed E-state index contributed by atoms with van der Waals surface area (Å²) in [5.41, 5.74) is 27.3. The molecular weight excluding hydrogens is 1400 g/mol. The summed E-state index contributed by atoms with van der Waals surface area (Å²) < 4.78 is 0. The van der Waals surface area contributed by atoms with Crippen molar-refractivity contribution in [2.45, 2.75) is 190 Å². The van der Waals surface area contributed by atoms with E-state index in [2.05, 4.69) is 104 Å². The first-order valence-corrected chi connectivity index (χ1v) is 33.8. The predicted molar refractivity (Wildman–Crippen MR) is 367 cm³/mol. The van der Waals surface area contributed by atoms with Crippen molar-refractivity contribution in [1.82, 2.24) is 79.1 Å². The summed E-state index contributed by atoms with van der Waals surface area (Å²) in [4.78, 5) is 247. The van der Waals surface area contributed by atoms with Crippen molar-refractivity contribution in [2.75, 3.05) is 31.1 Å². The Balaban J connectivity index is 2.37. The monoisotopic (exact) mass is 1500 g/mol. The number of hydrogen-bond donors (Lipinski definition) is 24. The molecule has 0 bridgehead atoms. The number of carbonyl (C=O) groups is 18. The van der Waals surface area contributed by atoms with E-state index in [1.54, 1.807) is 27.7 Å². The maximum atomic E-state index is 14.2. The molecule has 103 heavy (non-hydrogen) atoms. The van der Waals surface area contributed by atoms with Crippen LogP contribution in [0.4, 0.5) is 0 Å². The molecule has 15 amide bonds. The topological polar surface area (TPSA) is 695 Å². The minimum atomic E-state index is -2.18. The molecule has 1 saturated heterocycles. The maximum absolute atomic E-state index is 14.2. The Morgan fingerprint density at radius 2 is 0.981 bits per heavy atom. The number of carbonyl (C=O) groups excluding carboxylic acids is 15. The van der Waals surface area contributed by atoms with E-state index in [1.807, 2.05) is 5.32 Å². The molecule has 42 nitrogen and oxygen atoms in total. The van der Waals surface area contributed by atoms with Gasteiger partial charge in [0, 0.05) is 49.2 Å².